The van der Waals surface area contributed by atoms with Gasteiger partial charge < -0.3 is 20.1 Å². The number of ether oxygens (including phenoxy) is 2. The predicted molar refractivity (Wildman–Crippen MR) is 98.6 cm³/mol. The lowest BCUT2D eigenvalue weighted by Crippen LogP contribution is -2.46. The number of esters is 1. The minimum atomic E-state index is -1.12. The number of benzene rings is 1. The zero-order chi connectivity index (χ0) is 20.5. The van der Waals surface area contributed by atoms with Crippen LogP contribution in [0.15, 0.2) is 24.3 Å². The van der Waals surface area contributed by atoms with Gasteiger partial charge in [0.05, 0.1) is 12.8 Å². The minimum Gasteiger partial charge on any atom is -0.495 e. The highest BCUT2D eigenvalue weighted by Crippen LogP contribution is 2.42. The van der Waals surface area contributed by atoms with Gasteiger partial charge in [0, 0.05) is 0 Å². The van der Waals surface area contributed by atoms with E-state index in [1.54, 1.807) is 31.2 Å². The smallest absolute Gasteiger partial charge is 0.327 e. The van der Waals surface area contributed by atoms with Crippen LogP contribution in [0.5, 0.6) is 5.75 Å². The molecule has 9 nitrogen and oxygen atoms in total. The third-order valence-corrected chi connectivity index (χ3v) is 5.02. The number of nitrogens with one attached hydrogen (secondary N) is 2. The lowest BCUT2D eigenvalue weighted by molar-refractivity contribution is -0.155. The Morgan fingerprint density at radius 3 is 2.64 bits per heavy atom. The molecular weight excluding hydrogens is 366 g/mol. The second kappa shape index (κ2) is 7.49. The molecule has 1 saturated carbocycles. The van der Waals surface area contributed by atoms with Crippen molar-refractivity contribution in [1.82, 2.24) is 10.2 Å². The van der Waals surface area contributed by atoms with Crippen molar-refractivity contribution in [3.05, 3.63) is 24.3 Å². The summed E-state index contributed by atoms with van der Waals surface area (Å²) in [7, 11) is 1.47. The number of imide groups is 1. The number of nitrogens with zero attached hydrogens (tertiary/aromatic N) is 1. The normalized spacial score (nSPS) is 22.5. The van der Waals surface area contributed by atoms with Gasteiger partial charge in [-0.3, -0.25) is 19.3 Å². The molecule has 0 bridgehead atoms. The molecule has 1 heterocycles. The average Bonchev–Trinajstić information content (AvgIpc) is 3.48. The minimum absolute atomic E-state index is 0.0931. The van der Waals surface area contributed by atoms with Crippen LogP contribution in [0.4, 0.5) is 10.5 Å². The van der Waals surface area contributed by atoms with Gasteiger partial charge in [-0.2, -0.15) is 0 Å². The van der Waals surface area contributed by atoms with E-state index in [-0.39, 0.29) is 5.92 Å². The molecule has 1 aliphatic carbocycles. The zero-order valence-electron chi connectivity index (χ0n) is 16.0. The molecule has 3 rings (SSSR count). The molecule has 0 unspecified atom stereocenters. The van der Waals surface area contributed by atoms with E-state index in [9.17, 15) is 19.2 Å². The number of carbonyl (C=O) groups excluding carboxylic acids is 4. The lowest BCUT2D eigenvalue weighted by Gasteiger charge is -2.21. The van der Waals surface area contributed by atoms with E-state index in [4.69, 9.17) is 9.47 Å². The van der Waals surface area contributed by atoms with Crippen LogP contribution in [-0.2, 0) is 19.1 Å². The molecule has 2 N–H and O–H groups in total. The van der Waals surface area contributed by atoms with Crippen LogP contribution in [0.1, 0.15) is 26.7 Å². The van der Waals surface area contributed by atoms with Crippen LogP contribution < -0.4 is 15.4 Å². The maximum absolute atomic E-state index is 12.5. The zero-order valence-corrected chi connectivity index (χ0v) is 16.0. The number of carbonyl (C=O) groups is 4. The van der Waals surface area contributed by atoms with Crippen LogP contribution >= 0.6 is 0 Å². The molecule has 0 radical (unpaired) electrons. The van der Waals surface area contributed by atoms with Gasteiger partial charge in [0.25, 0.3) is 11.8 Å². The second-order valence-electron chi connectivity index (χ2n) is 7.12. The number of methoxy groups -OCH3 is 1. The number of rotatable bonds is 7. The fraction of sp³-hybridized carbons (Fsp3) is 0.474. The van der Waals surface area contributed by atoms with Crippen LogP contribution in [0.2, 0.25) is 0 Å². The van der Waals surface area contributed by atoms with Crippen molar-refractivity contribution in [2.45, 2.75) is 38.3 Å². The lowest BCUT2D eigenvalue weighted by atomic mass is 9.96. The van der Waals surface area contributed by atoms with E-state index in [0.717, 1.165) is 17.7 Å². The number of amides is 4. The first-order valence-corrected chi connectivity index (χ1v) is 9.03. The van der Waals surface area contributed by atoms with Crippen molar-refractivity contribution in [3.8, 4) is 5.75 Å². The van der Waals surface area contributed by atoms with Gasteiger partial charge in [-0.1, -0.05) is 12.1 Å². The standard InChI is InChI=1S/C19H23N3O6/c1-11(16(24)20-13-6-4-5-7-14(13)27-3)28-15(23)10-22-17(25)19(2,12-8-9-12)21-18(22)26/h4-7,11-12H,8-10H2,1-3H3,(H,20,24)(H,21,26)/t11-,19-/m0/s1. The molecule has 1 aromatic rings. The maximum Gasteiger partial charge on any atom is 0.327 e. The quantitative estimate of drug-likeness (QED) is 0.536. The summed E-state index contributed by atoms with van der Waals surface area (Å²) >= 11 is 0. The molecule has 150 valence electrons. The van der Waals surface area contributed by atoms with E-state index in [1.807, 2.05) is 0 Å². The average molecular weight is 389 g/mol. The molecule has 28 heavy (non-hydrogen) atoms. The van der Waals surface area contributed by atoms with Gasteiger partial charge in [-0.25, -0.2) is 4.79 Å². The number of anilines is 1. The highest BCUT2D eigenvalue weighted by Gasteiger charge is 2.56. The molecule has 2 aliphatic rings. The summed E-state index contributed by atoms with van der Waals surface area (Å²) in [4.78, 5) is 49.9. The van der Waals surface area contributed by atoms with Crippen molar-refractivity contribution in [2.24, 2.45) is 5.92 Å². The molecule has 1 aromatic carbocycles. The summed E-state index contributed by atoms with van der Waals surface area (Å²) in [6.45, 7) is 2.53. The summed E-state index contributed by atoms with van der Waals surface area (Å²) in [5.41, 5.74) is -0.531. The highest BCUT2D eigenvalue weighted by molar-refractivity contribution is 6.09. The van der Waals surface area contributed by atoms with Crippen LogP contribution in [-0.4, -0.2) is 54.0 Å². The van der Waals surface area contributed by atoms with E-state index in [1.165, 1.54) is 14.0 Å². The topological polar surface area (TPSA) is 114 Å². The molecule has 2 atom stereocenters. The van der Waals surface area contributed by atoms with Crippen molar-refractivity contribution in [1.29, 1.82) is 0 Å². The fourth-order valence-corrected chi connectivity index (χ4v) is 3.20. The van der Waals surface area contributed by atoms with E-state index in [2.05, 4.69) is 10.6 Å². The Morgan fingerprint density at radius 2 is 2.00 bits per heavy atom. The van der Waals surface area contributed by atoms with E-state index < -0.39 is 42.0 Å². The molecule has 1 saturated heterocycles. The third-order valence-electron chi connectivity index (χ3n) is 5.02. The Kier molecular flexibility index (Phi) is 5.26. The summed E-state index contributed by atoms with van der Waals surface area (Å²) in [5.74, 6) is -1.28. The first kappa shape index (κ1) is 19.7. The van der Waals surface area contributed by atoms with Crippen molar-refractivity contribution in [3.63, 3.8) is 0 Å². The molecule has 0 aromatic heterocycles. The maximum atomic E-state index is 12.5. The third kappa shape index (κ3) is 3.78. The van der Waals surface area contributed by atoms with Gasteiger partial charge >= 0.3 is 12.0 Å². The van der Waals surface area contributed by atoms with Crippen molar-refractivity contribution < 1.29 is 28.7 Å². The Morgan fingerprint density at radius 1 is 1.32 bits per heavy atom. The largest absolute Gasteiger partial charge is 0.495 e. The Bertz CT molecular complexity index is 822. The van der Waals surface area contributed by atoms with Gasteiger partial charge in [-0.05, 0) is 44.7 Å². The molecule has 1 aliphatic heterocycles. The van der Waals surface area contributed by atoms with Gasteiger partial charge in [0.15, 0.2) is 6.10 Å². The predicted octanol–water partition coefficient (Wildman–Crippen LogP) is 1.29. The number of para-hydroxylation sites is 2. The first-order chi connectivity index (χ1) is 13.3. The molecular formula is C19H23N3O6. The second-order valence-corrected chi connectivity index (χ2v) is 7.12. The molecule has 4 amide bonds. The van der Waals surface area contributed by atoms with E-state index in [0.29, 0.717) is 11.4 Å². The monoisotopic (exact) mass is 389 g/mol. The molecule has 9 heteroatoms. The summed E-state index contributed by atoms with van der Waals surface area (Å²) in [6.07, 6.45) is 0.607. The van der Waals surface area contributed by atoms with Gasteiger partial charge in [0.2, 0.25) is 0 Å². The summed E-state index contributed by atoms with van der Waals surface area (Å²) in [5, 5.41) is 5.27. The van der Waals surface area contributed by atoms with Gasteiger partial charge in [0.1, 0.15) is 17.8 Å². The summed E-state index contributed by atoms with van der Waals surface area (Å²) < 4.78 is 10.2. The first-order valence-electron chi connectivity index (χ1n) is 9.03. The Balaban J connectivity index is 1.56. The van der Waals surface area contributed by atoms with Crippen molar-refractivity contribution >= 4 is 29.5 Å². The summed E-state index contributed by atoms with van der Waals surface area (Å²) in [6, 6.07) is 6.19. The van der Waals surface area contributed by atoms with Crippen LogP contribution in [0.3, 0.4) is 0 Å². The number of hydrogen-bond donors (Lipinski definition) is 2. The van der Waals surface area contributed by atoms with E-state index >= 15 is 0 Å². The fourth-order valence-electron chi connectivity index (χ4n) is 3.20. The molecule has 2 fully saturated rings. The molecule has 0 spiro atoms. The number of urea groups is 1. The van der Waals surface area contributed by atoms with Crippen molar-refractivity contribution in [2.75, 3.05) is 19.0 Å². The number of hydrogen-bond acceptors (Lipinski definition) is 6. The Labute approximate surface area is 162 Å². The highest BCUT2D eigenvalue weighted by atomic mass is 16.5. The Hall–Kier alpha value is -3.10. The SMILES string of the molecule is COc1ccccc1NC(=O)[C@H](C)OC(=O)CN1C(=O)N[C@@](C)(C2CC2)C1=O. The van der Waals surface area contributed by atoms with Crippen LogP contribution in [0.25, 0.3) is 0 Å². The van der Waals surface area contributed by atoms with Gasteiger partial charge in [-0.15, -0.1) is 0 Å². The van der Waals surface area contributed by atoms with Crippen LogP contribution in [0, 0.1) is 5.92 Å².